The Bertz CT molecular complexity index is 259. The first kappa shape index (κ1) is 9.07. The first-order chi connectivity index (χ1) is 5.22. The van der Waals surface area contributed by atoms with Gasteiger partial charge in [0.25, 0.3) is 0 Å². The molecular weight excluding hydrogens is 270 g/mol. The molecule has 1 aromatic rings. The van der Waals surface area contributed by atoms with Crippen molar-refractivity contribution in [3.8, 4) is 0 Å². The van der Waals surface area contributed by atoms with Gasteiger partial charge in [-0.3, -0.25) is 0 Å². The van der Waals surface area contributed by atoms with Crippen LogP contribution in [0.25, 0.3) is 6.08 Å². The minimum absolute atomic E-state index is 0.971. The topological polar surface area (TPSA) is 4.93 Å². The highest BCUT2D eigenvalue weighted by atomic mass is 79.9. The van der Waals surface area contributed by atoms with Crippen LogP contribution in [-0.4, -0.2) is 4.57 Å². The fraction of sp³-hybridized carbons (Fsp3) is 0.250. The highest BCUT2D eigenvalue weighted by Gasteiger charge is 1.91. The molecule has 0 radical (unpaired) electrons. The van der Waals surface area contributed by atoms with Gasteiger partial charge in [0, 0.05) is 18.9 Å². The van der Waals surface area contributed by atoms with Crippen LogP contribution >= 0.6 is 31.9 Å². The Morgan fingerprint density at radius 1 is 1.64 bits per heavy atom. The fourth-order valence-corrected chi connectivity index (χ4v) is 1.40. The second-order valence-corrected chi connectivity index (χ2v) is 4.98. The van der Waals surface area contributed by atoms with Gasteiger partial charge in [0.1, 0.15) is 0 Å². The summed E-state index contributed by atoms with van der Waals surface area (Å²) in [6.45, 7) is 3.14. The van der Waals surface area contributed by atoms with Gasteiger partial charge in [-0.2, -0.15) is 0 Å². The first-order valence-corrected chi connectivity index (χ1v) is 4.99. The lowest BCUT2D eigenvalue weighted by molar-refractivity contribution is 0.769. The van der Waals surface area contributed by atoms with Crippen molar-refractivity contribution in [1.29, 1.82) is 0 Å². The van der Waals surface area contributed by atoms with Gasteiger partial charge < -0.3 is 4.57 Å². The molecule has 0 N–H and O–H groups in total. The molecule has 1 heterocycles. The van der Waals surface area contributed by atoms with E-state index in [-0.39, 0.29) is 0 Å². The minimum atomic E-state index is 0.971. The Hall–Kier alpha value is -0.0200. The molecule has 0 saturated carbocycles. The van der Waals surface area contributed by atoms with E-state index in [1.54, 1.807) is 0 Å². The van der Waals surface area contributed by atoms with Gasteiger partial charge in [-0.05, 0) is 56.5 Å². The molecule has 0 bridgehead atoms. The van der Waals surface area contributed by atoms with Gasteiger partial charge in [0.15, 0.2) is 0 Å². The van der Waals surface area contributed by atoms with Crippen LogP contribution in [0.15, 0.2) is 21.9 Å². The SMILES string of the molecule is CCn1ccc(C=C(Br)Br)c1. The molecule has 1 aromatic heterocycles. The molecule has 0 spiro atoms. The summed E-state index contributed by atoms with van der Waals surface area (Å²) in [5, 5.41) is 0. The van der Waals surface area contributed by atoms with E-state index >= 15 is 0 Å². The van der Waals surface area contributed by atoms with Crippen molar-refractivity contribution in [2.45, 2.75) is 13.5 Å². The summed E-state index contributed by atoms with van der Waals surface area (Å²) in [5.41, 5.74) is 1.20. The molecule has 0 unspecified atom stereocenters. The first-order valence-electron chi connectivity index (χ1n) is 3.41. The zero-order chi connectivity index (χ0) is 8.27. The quantitative estimate of drug-likeness (QED) is 0.779. The summed E-state index contributed by atoms with van der Waals surface area (Å²) in [6.07, 6.45) is 6.18. The predicted molar refractivity (Wildman–Crippen MR) is 55.9 cm³/mol. The number of halogens is 2. The second kappa shape index (κ2) is 4.12. The number of hydrogen-bond acceptors (Lipinski definition) is 0. The molecule has 0 aliphatic carbocycles. The van der Waals surface area contributed by atoms with Crippen molar-refractivity contribution in [1.82, 2.24) is 4.57 Å². The third-order valence-electron chi connectivity index (χ3n) is 1.41. The summed E-state index contributed by atoms with van der Waals surface area (Å²) >= 11 is 6.62. The molecule has 0 fully saturated rings. The number of aryl methyl sites for hydroxylation is 1. The van der Waals surface area contributed by atoms with E-state index in [9.17, 15) is 0 Å². The van der Waals surface area contributed by atoms with E-state index in [0.29, 0.717) is 0 Å². The van der Waals surface area contributed by atoms with E-state index in [4.69, 9.17) is 0 Å². The average Bonchev–Trinajstić information content (AvgIpc) is 2.34. The number of rotatable bonds is 2. The largest absolute Gasteiger partial charge is 0.354 e. The molecule has 0 aliphatic rings. The Kier molecular flexibility index (Phi) is 3.40. The maximum atomic E-state index is 3.31. The van der Waals surface area contributed by atoms with Crippen molar-refractivity contribution in [3.05, 3.63) is 27.4 Å². The summed E-state index contributed by atoms with van der Waals surface area (Å²) in [4.78, 5) is 0. The molecule has 1 rings (SSSR count). The molecule has 11 heavy (non-hydrogen) atoms. The summed E-state index contributed by atoms with van der Waals surface area (Å²) < 4.78 is 3.10. The summed E-state index contributed by atoms with van der Waals surface area (Å²) in [5.74, 6) is 0. The van der Waals surface area contributed by atoms with Crippen LogP contribution < -0.4 is 0 Å². The van der Waals surface area contributed by atoms with Crippen LogP contribution in [-0.2, 0) is 6.54 Å². The number of nitrogens with zero attached hydrogens (tertiary/aromatic N) is 1. The third-order valence-corrected chi connectivity index (χ3v) is 1.87. The van der Waals surface area contributed by atoms with Gasteiger partial charge in [0.2, 0.25) is 0 Å². The van der Waals surface area contributed by atoms with E-state index < -0.39 is 0 Å². The summed E-state index contributed by atoms with van der Waals surface area (Å²) in [6, 6.07) is 2.08. The number of aromatic nitrogens is 1. The van der Waals surface area contributed by atoms with Crippen LogP contribution in [0.4, 0.5) is 0 Å². The van der Waals surface area contributed by atoms with Crippen LogP contribution in [0.5, 0.6) is 0 Å². The van der Waals surface area contributed by atoms with Crippen LogP contribution in [0.1, 0.15) is 12.5 Å². The van der Waals surface area contributed by atoms with Crippen molar-refractivity contribution in [2.75, 3.05) is 0 Å². The van der Waals surface area contributed by atoms with Crippen molar-refractivity contribution >= 4 is 37.9 Å². The lowest BCUT2D eigenvalue weighted by Gasteiger charge is -1.91. The third kappa shape index (κ3) is 2.83. The molecule has 3 heteroatoms. The maximum absolute atomic E-state index is 3.31. The van der Waals surface area contributed by atoms with Gasteiger partial charge >= 0.3 is 0 Å². The molecule has 1 nitrogen and oxygen atoms in total. The van der Waals surface area contributed by atoms with Gasteiger partial charge in [-0.25, -0.2) is 0 Å². The highest BCUT2D eigenvalue weighted by Crippen LogP contribution is 2.17. The monoisotopic (exact) mass is 277 g/mol. The maximum Gasteiger partial charge on any atom is 0.0610 e. The van der Waals surface area contributed by atoms with Crippen molar-refractivity contribution < 1.29 is 0 Å². The standard InChI is InChI=1S/C8H9Br2N/c1-2-11-4-3-7(6-11)5-8(9)10/h3-6H,2H2,1H3. The molecule has 0 aliphatic heterocycles. The Balaban J connectivity index is 2.81. The van der Waals surface area contributed by atoms with Crippen molar-refractivity contribution in [3.63, 3.8) is 0 Å². The van der Waals surface area contributed by atoms with E-state index in [1.807, 2.05) is 6.08 Å². The number of hydrogen-bond donors (Lipinski definition) is 0. The van der Waals surface area contributed by atoms with Gasteiger partial charge in [-0.1, -0.05) is 0 Å². The van der Waals surface area contributed by atoms with Crippen LogP contribution in [0, 0.1) is 0 Å². The molecular formula is C8H9Br2N. The van der Waals surface area contributed by atoms with Crippen LogP contribution in [0.3, 0.4) is 0 Å². The summed E-state index contributed by atoms with van der Waals surface area (Å²) in [7, 11) is 0. The smallest absolute Gasteiger partial charge is 0.0610 e. The second-order valence-electron chi connectivity index (χ2n) is 2.21. The Morgan fingerprint density at radius 2 is 2.36 bits per heavy atom. The molecule has 60 valence electrons. The highest BCUT2D eigenvalue weighted by molar-refractivity contribution is 9.28. The normalized spacial score (nSPS) is 9.73. The van der Waals surface area contributed by atoms with Gasteiger partial charge in [-0.15, -0.1) is 0 Å². The van der Waals surface area contributed by atoms with Crippen molar-refractivity contribution in [2.24, 2.45) is 0 Å². The molecule has 0 saturated heterocycles. The van der Waals surface area contributed by atoms with Gasteiger partial charge in [0.05, 0.1) is 3.39 Å². The van der Waals surface area contributed by atoms with Crippen LogP contribution in [0.2, 0.25) is 0 Å². The molecule has 0 aromatic carbocycles. The van der Waals surface area contributed by atoms with E-state index in [0.717, 1.165) is 9.94 Å². The lowest BCUT2D eigenvalue weighted by Crippen LogP contribution is -1.86. The Morgan fingerprint density at radius 3 is 2.82 bits per heavy atom. The van der Waals surface area contributed by atoms with E-state index in [2.05, 4.69) is 61.8 Å². The zero-order valence-corrected chi connectivity index (χ0v) is 9.39. The minimum Gasteiger partial charge on any atom is -0.354 e. The molecule has 0 atom stereocenters. The fourth-order valence-electron chi connectivity index (χ4n) is 0.867. The Labute approximate surface area is 83.4 Å². The van der Waals surface area contributed by atoms with E-state index in [1.165, 1.54) is 5.56 Å². The lowest BCUT2D eigenvalue weighted by atomic mass is 10.3. The predicted octanol–water partition coefficient (Wildman–Crippen LogP) is 3.60. The molecule has 0 amide bonds. The zero-order valence-electron chi connectivity index (χ0n) is 6.22. The average molecular weight is 279 g/mol.